The molecule has 0 spiro atoms. The minimum absolute atomic E-state index is 0.123. The van der Waals surface area contributed by atoms with Crippen LogP contribution in [0.2, 0.25) is 0 Å². The molecule has 0 saturated carbocycles. The van der Waals surface area contributed by atoms with Crippen molar-refractivity contribution < 1.29 is 14.3 Å². The van der Waals surface area contributed by atoms with Crippen LogP contribution in [0.15, 0.2) is 53.4 Å². The average molecular weight is 357 g/mol. The first-order valence-corrected chi connectivity index (χ1v) is 9.63. The molecule has 1 heterocycles. The average Bonchev–Trinajstić information content (AvgIpc) is 3.15. The predicted octanol–water partition coefficient (Wildman–Crippen LogP) is 4.61. The van der Waals surface area contributed by atoms with Crippen LogP contribution in [-0.2, 0) is 4.74 Å². The Morgan fingerprint density at radius 1 is 1.24 bits per heavy atom. The van der Waals surface area contributed by atoms with Gasteiger partial charge in [-0.3, -0.25) is 4.79 Å². The Morgan fingerprint density at radius 2 is 2.04 bits per heavy atom. The van der Waals surface area contributed by atoms with Gasteiger partial charge >= 0.3 is 0 Å². The number of anilines is 1. The van der Waals surface area contributed by atoms with Crippen LogP contribution in [-0.4, -0.2) is 31.0 Å². The zero-order valence-electron chi connectivity index (χ0n) is 14.4. The molecular weight excluding hydrogens is 334 g/mol. The van der Waals surface area contributed by atoms with Crippen molar-refractivity contribution in [2.24, 2.45) is 0 Å². The lowest BCUT2D eigenvalue weighted by atomic mass is 10.2. The smallest absolute Gasteiger partial charge is 0.256 e. The number of nitrogens with one attached hydrogen (secondary N) is 1. The van der Waals surface area contributed by atoms with Gasteiger partial charge in [0.2, 0.25) is 0 Å². The highest BCUT2D eigenvalue weighted by molar-refractivity contribution is 7.99. The van der Waals surface area contributed by atoms with Crippen LogP contribution in [0.25, 0.3) is 0 Å². The third-order valence-electron chi connectivity index (χ3n) is 4.02. The molecule has 5 heteroatoms. The predicted molar refractivity (Wildman–Crippen MR) is 102 cm³/mol. The van der Waals surface area contributed by atoms with E-state index in [0.717, 1.165) is 30.1 Å². The van der Waals surface area contributed by atoms with Crippen LogP contribution >= 0.6 is 11.8 Å². The van der Waals surface area contributed by atoms with E-state index in [9.17, 15) is 4.79 Å². The van der Waals surface area contributed by atoms with E-state index in [1.807, 2.05) is 55.5 Å². The molecule has 1 aliphatic rings. The normalized spacial score (nSPS) is 16.6. The number of carbonyl (C=O) groups excluding carboxylic acids is 1. The number of hydrogen-bond acceptors (Lipinski definition) is 4. The molecule has 1 saturated heterocycles. The summed E-state index contributed by atoms with van der Waals surface area (Å²) in [7, 11) is 0. The van der Waals surface area contributed by atoms with Gasteiger partial charge in [0.1, 0.15) is 5.75 Å². The van der Waals surface area contributed by atoms with E-state index in [-0.39, 0.29) is 5.91 Å². The molecule has 0 radical (unpaired) electrons. The van der Waals surface area contributed by atoms with Gasteiger partial charge in [-0.25, -0.2) is 0 Å². The fourth-order valence-corrected chi connectivity index (χ4v) is 3.90. The molecule has 132 valence electrons. The van der Waals surface area contributed by atoms with Gasteiger partial charge in [-0.2, -0.15) is 0 Å². The van der Waals surface area contributed by atoms with Gasteiger partial charge in [0, 0.05) is 17.3 Å². The minimum atomic E-state index is -0.123. The summed E-state index contributed by atoms with van der Waals surface area (Å²) in [4.78, 5) is 13.8. The molecule has 1 fully saturated rings. The number of rotatable bonds is 7. The van der Waals surface area contributed by atoms with Crippen molar-refractivity contribution in [3.05, 3.63) is 54.1 Å². The van der Waals surface area contributed by atoms with Gasteiger partial charge in [0.05, 0.1) is 24.0 Å². The van der Waals surface area contributed by atoms with Crippen molar-refractivity contribution in [2.45, 2.75) is 30.8 Å². The SMILES string of the molecule is CCOc1ccccc1NC(=O)c1ccccc1SC[C@H]1CCCO1. The Kier molecular flexibility index (Phi) is 6.36. The second kappa shape index (κ2) is 8.92. The molecule has 2 aromatic rings. The molecule has 1 amide bonds. The van der Waals surface area contributed by atoms with Crippen LogP contribution in [0, 0.1) is 0 Å². The summed E-state index contributed by atoms with van der Waals surface area (Å²) in [5, 5.41) is 2.97. The van der Waals surface area contributed by atoms with Crippen LogP contribution in [0.3, 0.4) is 0 Å². The molecule has 25 heavy (non-hydrogen) atoms. The van der Waals surface area contributed by atoms with Gasteiger partial charge in [0.15, 0.2) is 0 Å². The van der Waals surface area contributed by atoms with Crippen LogP contribution < -0.4 is 10.1 Å². The molecule has 3 rings (SSSR count). The number of ether oxygens (including phenoxy) is 2. The van der Waals surface area contributed by atoms with Gasteiger partial charge in [-0.1, -0.05) is 24.3 Å². The summed E-state index contributed by atoms with van der Waals surface area (Å²) < 4.78 is 11.3. The second-order valence-electron chi connectivity index (χ2n) is 5.83. The Balaban J connectivity index is 1.71. The summed E-state index contributed by atoms with van der Waals surface area (Å²) in [6, 6.07) is 15.2. The first-order valence-electron chi connectivity index (χ1n) is 8.64. The molecule has 0 unspecified atom stereocenters. The van der Waals surface area contributed by atoms with Crippen molar-refractivity contribution in [1.82, 2.24) is 0 Å². The highest BCUT2D eigenvalue weighted by Crippen LogP contribution is 2.29. The van der Waals surface area contributed by atoms with Gasteiger partial charge in [-0.05, 0) is 44.0 Å². The topological polar surface area (TPSA) is 47.6 Å². The standard InChI is InChI=1S/C20H23NO3S/c1-2-23-18-11-5-4-10-17(18)21-20(22)16-9-3-6-12-19(16)25-14-15-8-7-13-24-15/h3-6,9-12,15H,2,7-8,13-14H2,1H3,(H,21,22)/t15-/m1/s1. The van der Waals surface area contributed by atoms with E-state index in [4.69, 9.17) is 9.47 Å². The molecule has 0 aromatic heterocycles. The number of benzene rings is 2. The largest absolute Gasteiger partial charge is 0.492 e. The Labute approximate surface area is 152 Å². The van der Waals surface area contributed by atoms with E-state index < -0.39 is 0 Å². The van der Waals surface area contributed by atoms with E-state index in [0.29, 0.717) is 29.7 Å². The molecule has 4 nitrogen and oxygen atoms in total. The lowest BCUT2D eigenvalue weighted by Crippen LogP contribution is -2.14. The van der Waals surface area contributed by atoms with Gasteiger partial charge in [0.25, 0.3) is 5.91 Å². The van der Waals surface area contributed by atoms with Crippen molar-refractivity contribution in [1.29, 1.82) is 0 Å². The zero-order valence-corrected chi connectivity index (χ0v) is 15.2. The number of para-hydroxylation sites is 2. The third kappa shape index (κ3) is 4.77. The van der Waals surface area contributed by atoms with Crippen molar-refractivity contribution >= 4 is 23.4 Å². The Hall–Kier alpha value is -1.98. The summed E-state index contributed by atoms with van der Waals surface area (Å²) in [5.41, 5.74) is 1.37. The summed E-state index contributed by atoms with van der Waals surface area (Å²) in [5.74, 6) is 1.44. The number of carbonyl (C=O) groups is 1. The van der Waals surface area contributed by atoms with E-state index >= 15 is 0 Å². The van der Waals surface area contributed by atoms with Gasteiger partial charge in [-0.15, -0.1) is 11.8 Å². The molecule has 1 atom stereocenters. The molecule has 2 aromatic carbocycles. The molecule has 1 aliphatic heterocycles. The van der Waals surface area contributed by atoms with Crippen LogP contribution in [0.5, 0.6) is 5.75 Å². The van der Waals surface area contributed by atoms with Crippen molar-refractivity contribution in [3.63, 3.8) is 0 Å². The monoisotopic (exact) mass is 357 g/mol. The highest BCUT2D eigenvalue weighted by atomic mass is 32.2. The summed E-state index contributed by atoms with van der Waals surface area (Å²) in [6.45, 7) is 3.33. The molecule has 0 aliphatic carbocycles. The fraction of sp³-hybridized carbons (Fsp3) is 0.350. The second-order valence-corrected chi connectivity index (χ2v) is 6.89. The number of hydrogen-bond donors (Lipinski definition) is 1. The van der Waals surface area contributed by atoms with Gasteiger partial charge < -0.3 is 14.8 Å². The fourth-order valence-electron chi connectivity index (χ4n) is 2.78. The number of thioether (sulfide) groups is 1. The lowest BCUT2D eigenvalue weighted by molar-refractivity contribution is 0.102. The van der Waals surface area contributed by atoms with Crippen molar-refractivity contribution in [2.75, 3.05) is 24.3 Å². The summed E-state index contributed by atoms with van der Waals surface area (Å²) in [6.07, 6.45) is 2.52. The Bertz CT molecular complexity index is 714. The molecule has 1 N–H and O–H groups in total. The first-order chi connectivity index (χ1) is 12.3. The zero-order chi connectivity index (χ0) is 17.5. The summed E-state index contributed by atoms with van der Waals surface area (Å²) >= 11 is 1.68. The third-order valence-corrected chi connectivity index (χ3v) is 5.22. The maximum Gasteiger partial charge on any atom is 0.256 e. The highest BCUT2D eigenvalue weighted by Gasteiger charge is 2.18. The minimum Gasteiger partial charge on any atom is -0.492 e. The Morgan fingerprint density at radius 3 is 2.84 bits per heavy atom. The number of amides is 1. The molecule has 0 bridgehead atoms. The first kappa shape index (κ1) is 17.8. The maximum atomic E-state index is 12.8. The molecular formula is C20H23NO3S. The van der Waals surface area contributed by atoms with Crippen LogP contribution in [0.4, 0.5) is 5.69 Å². The quantitative estimate of drug-likeness (QED) is 0.735. The maximum absolute atomic E-state index is 12.8. The van der Waals surface area contributed by atoms with Crippen molar-refractivity contribution in [3.8, 4) is 5.75 Å². The van der Waals surface area contributed by atoms with E-state index in [2.05, 4.69) is 5.32 Å². The lowest BCUT2D eigenvalue weighted by Gasteiger charge is -2.14. The van der Waals surface area contributed by atoms with E-state index in [1.54, 1.807) is 11.8 Å². The van der Waals surface area contributed by atoms with Crippen LogP contribution in [0.1, 0.15) is 30.1 Å². The van der Waals surface area contributed by atoms with E-state index in [1.165, 1.54) is 0 Å².